The van der Waals surface area contributed by atoms with E-state index in [9.17, 15) is 30.6 Å². The van der Waals surface area contributed by atoms with E-state index >= 15 is 0 Å². The molecule has 10 heteroatoms. The number of hydrogen-bond donors (Lipinski definition) is 6. The van der Waals surface area contributed by atoms with E-state index in [1.165, 1.54) is 0 Å². The summed E-state index contributed by atoms with van der Waals surface area (Å²) in [5.74, 6) is -0.645. The van der Waals surface area contributed by atoms with Crippen molar-refractivity contribution in [2.24, 2.45) is 11.8 Å². The van der Waals surface area contributed by atoms with E-state index in [2.05, 4.69) is 0 Å². The zero-order chi connectivity index (χ0) is 17.9. The van der Waals surface area contributed by atoms with Crippen LogP contribution in [-0.2, 0) is 18.9 Å². The smallest absolute Gasteiger partial charge is 0.189 e. The number of aliphatic hydroxyl groups is 6. The fraction of sp³-hybridized carbons (Fsp3) is 1.00. The van der Waals surface area contributed by atoms with E-state index in [0.717, 1.165) is 0 Å². The maximum absolute atomic E-state index is 10.3. The molecule has 4 fully saturated rings. The topological polar surface area (TPSA) is 162 Å². The van der Waals surface area contributed by atoms with Gasteiger partial charge >= 0.3 is 0 Å². The van der Waals surface area contributed by atoms with Crippen LogP contribution in [0.1, 0.15) is 6.42 Å². The Balaban J connectivity index is 1.52. The second-order valence-corrected chi connectivity index (χ2v) is 7.19. The fourth-order valence-corrected chi connectivity index (χ4v) is 4.50. The third-order valence-corrected chi connectivity index (χ3v) is 5.94. The SMILES string of the molecule is OCC1OC(OC2OCC[C@H]3C(O)C4OC4(CO)[C@@H]23)C(O)C(O)C1O. The second-order valence-electron chi connectivity index (χ2n) is 7.19. The summed E-state index contributed by atoms with van der Waals surface area (Å²) in [6.07, 6.45) is -8.57. The molecule has 1 aliphatic carbocycles. The predicted molar refractivity (Wildman–Crippen MR) is 76.9 cm³/mol. The predicted octanol–water partition coefficient (Wildman–Crippen LogP) is -3.71. The van der Waals surface area contributed by atoms with Crippen LogP contribution in [-0.4, -0.2) is 105 Å². The lowest BCUT2D eigenvalue weighted by Crippen LogP contribution is -2.61. The van der Waals surface area contributed by atoms with Crippen LogP contribution in [0.5, 0.6) is 0 Å². The molecule has 3 heterocycles. The van der Waals surface area contributed by atoms with Crippen LogP contribution >= 0.6 is 0 Å². The zero-order valence-corrected chi connectivity index (χ0v) is 13.4. The van der Waals surface area contributed by atoms with Crippen molar-refractivity contribution >= 4 is 0 Å². The van der Waals surface area contributed by atoms with Crippen LogP contribution in [0.2, 0.25) is 0 Å². The van der Waals surface area contributed by atoms with E-state index in [4.69, 9.17) is 18.9 Å². The molecular weight excluding hydrogens is 340 g/mol. The maximum atomic E-state index is 10.3. The number of hydrogen-bond acceptors (Lipinski definition) is 10. The fourth-order valence-electron chi connectivity index (χ4n) is 4.50. The van der Waals surface area contributed by atoms with Gasteiger partial charge in [0, 0.05) is 11.8 Å². The third-order valence-electron chi connectivity index (χ3n) is 5.94. The highest BCUT2D eigenvalue weighted by Gasteiger charge is 2.75. The lowest BCUT2D eigenvalue weighted by molar-refractivity contribution is -0.356. The summed E-state index contributed by atoms with van der Waals surface area (Å²) >= 11 is 0. The summed E-state index contributed by atoms with van der Waals surface area (Å²) in [6.45, 7) is -0.546. The van der Waals surface area contributed by atoms with Gasteiger partial charge in [-0.3, -0.25) is 0 Å². The summed E-state index contributed by atoms with van der Waals surface area (Å²) in [4.78, 5) is 0. The van der Waals surface area contributed by atoms with Gasteiger partial charge in [0.2, 0.25) is 0 Å². The monoisotopic (exact) mass is 364 g/mol. The molecule has 3 aliphatic heterocycles. The van der Waals surface area contributed by atoms with Gasteiger partial charge in [0.15, 0.2) is 12.6 Å². The first-order chi connectivity index (χ1) is 11.9. The average Bonchev–Trinajstić information content (AvgIpc) is 3.31. The van der Waals surface area contributed by atoms with Gasteiger partial charge in [-0.05, 0) is 6.42 Å². The summed E-state index contributed by atoms with van der Waals surface area (Å²) in [5, 5.41) is 59.1. The minimum atomic E-state index is -1.55. The van der Waals surface area contributed by atoms with Gasteiger partial charge in [0.25, 0.3) is 0 Å². The molecule has 0 bridgehead atoms. The van der Waals surface area contributed by atoms with E-state index in [1.807, 2.05) is 0 Å². The zero-order valence-electron chi connectivity index (χ0n) is 13.4. The molecule has 0 amide bonds. The summed E-state index contributed by atoms with van der Waals surface area (Å²) < 4.78 is 22.2. The molecule has 25 heavy (non-hydrogen) atoms. The van der Waals surface area contributed by atoms with Crippen molar-refractivity contribution in [2.45, 2.75) is 61.2 Å². The Labute approximate surface area is 143 Å². The minimum absolute atomic E-state index is 0.186. The lowest BCUT2D eigenvalue weighted by Gasteiger charge is -2.44. The molecule has 0 aromatic heterocycles. The number of rotatable bonds is 4. The first-order valence-corrected chi connectivity index (χ1v) is 8.49. The quantitative estimate of drug-likeness (QED) is 0.274. The van der Waals surface area contributed by atoms with Gasteiger partial charge in [0.1, 0.15) is 36.1 Å². The Hall–Kier alpha value is -0.400. The summed E-state index contributed by atoms with van der Waals surface area (Å²) in [6, 6.07) is 0. The minimum Gasteiger partial charge on any atom is -0.394 e. The van der Waals surface area contributed by atoms with Crippen LogP contribution in [0, 0.1) is 11.8 Å². The summed E-state index contributed by atoms with van der Waals surface area (Å²) in [5.41, 5.74) is -0.941. The molecule has 11 atom stereocenters. The molecule has 4 rings (SSSR count). The lowest BCUT2D eigenvalue weighted by atomic mass is 9.83. The molecule has 6 N–H and O–H groups in total. The number of fused-ring (bicyclic) bond motifs is 3. The summed E-state index contributed by atoms with van der Waals surface area (Å²) in [7, 11) is 0. The van der Waals surface area contributed by atoms with Gasteiger partial charge in [0.05, 0.1) is 25.9 Å². The molecule has 0 aromatic carbocycles. The van der Waals surface area contributed by atoms with Crippen molar-refractivity contribution in [1.29, 1.82) is 0 Å². The van der Waals surface area contributed by atoms with Gasteiger partial charge in [-0.1, -0.05) is 0 Å². The molecule has 0 aromatic rings. The van der Waals surface area contributed by atoms with Crippen molar-refractivity contribution in [3.8, 4) is 0 Å². The van der Waals surface area contributed by atoms with Crippen LogP contribution in [0.3, 0.4) is 0 Å². The maximum Gasteiger partial charge on any atom is 0.189 e. The van der Waals surface area contributed by atoms with Crippen LogP contribution in [0.25, 0.3) is 0 Å². The molecule has 1 saturated carbocycles. The molecule has 10 nitrogen and oxygen atoms in total. The molecule has 144 valence electrons. The largest absolute Gasteiger partial charge is 0.394 e. The van der Waals surface area contributed by atoms with Crippen molar-refractivity contribution in [3.05, 3.63) is 0 Å². The van der Waals surface area contributed by atoms with E-state index in [1.54, 1.807) is 0 Å². The standard InChI is InChI=1S/C15H24O10/c16-3-6-9(19)10(20)11(21)14(23-6)24-13-7-5(1-2-22-13)8(18)12-15(7,4-17)25-12/h5-14,16-21H,1-4H2/t5-,6?,7-,8?,9?,10?,11?,12?,13?,14?,15?/m1/s1. The third kappa shape index (κ3) is 2.56. The van der Waals surface area contributed by atoms with Gasteiger partial charge in [-0.2, -0.15) is 0 Å². The van der Waals surface area contributed by atoms with E-state index in [-0.39, 0.29) is 12.5 Å². The molecular formula is C15H24O10. The molecule has 4 aliphatic rings. The van der Waals surface area contributed by atoms with Crippen LogP contribution in [0.15, 0.2) is 0 Å². The molecule has 3 saturated heterocycles. The number of ether oxygens (including phenoxy) is 4. The Morgan fingerprint density at radius 3 is 2.40 bits per heavy atom. The van der Waals surface area contributed by atoms with E-state index in [0.29, 0.717) is 13.0 Å². The Kier molecular flexibility index (Phi) is 4.56. The molecule has 0 radical (unpaired) electrons. The first-order valence-electron chi connectivity index (χ1n) is 8.49. The Morgan fingerprint density at radius 2 is 1.72 bits per heavy atom. The Bertz CT molecular complexity index is 503. The van der Waals surface area contributed by atoms with Crippen molar-refractivity contribution < 1.29 is 49.6 Å². The highest BCUT2D eigenvalue weighted by molar-refractivity contribution is 5.21. The normalized spacial score (nSPS) is 57.8. The average molecular weight is 364 g/mol. The van der Waals surface area contributed by atoms with Crippen LogP contribution in [0.4, 0.5) is 0 Å². The van der Waals surface area contributed by atoms with Crippen molar-refractivity contribution in [1.82, 2.24) is 0 Å². The van der Waals surface area contributed by atoms with Crippen molar-refractivity contribution in [2.75, 3.05) is 19.8 Å². The number of aliphatic hydroxyl groups excluding tert-OH is 6. The number of epoxide rings is 1. The highest BCUT2D eigenvalue weighted by Crippen LogP contribution is 2.60. The van der Waals surface area contributed by atoms with Crippen LogP contribution < -0.4 is 0 Å². The van der Waals surface area contributed by atoms with Crippen molar-refractivity contribution in [3.63, 3.8) is 0 Å². The van der Waals surface area contributed by atoms with Gasteiger partial charge in [-0.15, -0.1) is 0 Å². The second kappa shape index (κ2) is 6.34. The van der Waals surface area contributed by atoms with E-state index < -0.39 is 67.3 Å². The van der Waals surface area contributed by atoms with Gasteiger partial charge in [-0.25, -0.2) is 0 Å². The molecule has 0 spiro atoms. The Morgan fingerprint density at radius 1 is 0.960 bits per heavy atom. The highest BCUT2D eigenvalue weighted by atomic mass is 16.8. The molecule has 9 unspecified atom stereocenters. The van der Waals surface area contributed by atoms with Gasteiger partial charge < -0.3 is 49.6 Å². The first kappa shape index (κ1) is 18.0.